The van der Waals surface area contributed by atoms with Gasteiger partial charge in [0, 0.05) is 5.56 Å². The van der Waals surface area contributed by atoms with Crippen LogP contribution in [-0.2, 0) is 0 Å². The van der Waals surface area contributed by atoms with E-state index in [4.69, 9.17) is 5.73 Å². The lowest BCUT2D eigenvalue weighted by atomic mass is 9.99. The van der Waals surface area contributed by atoms with E-state index < -0.39 is 46.8 Å². The second-order valence-corrected chi connectivity index (χ2v) is 3.48. The minimum absolute atomic E-state index is 0. The Balaban J connectivity index is 0.00000289. The first-order valence-corrected chi connectivity index (χ1v) is 4.77. The predicted octanol–water partition coefficient (Wildman–Crippen LogP) is 2.57. The van der Waals surface area contributed by atoms with E-state index in [9.17, 15) is 27.1 Å². The highest BCUT2D eigenvalue weighted by Gasteiger charge is 2.31. The Morgan fingerprint density at radius 2 is 1.28 bits per heavy atom. The molecule has 2 nitrogen and oxygen atoms in total. The molecule has 0 amide bonds. The molecule has 104 valence electrons. The molecule has 1 rings (SSSR count). The van der Waals surface area contributed by atoms with E-state index in [0.717, 1.165) is 0 Å². The molecule has 0 aliphatic carbocycles. The van der Waals surface area contributed by atoms with Gasteiger partial charge in [0.25, 0.3) is 0 Å². The molecule has 1 aromatic carbocycles. The Labute approximate surface area is 106 Å². The zero-order valence-corrected chi connectivity index (χ0v) is 10.0. The normalized spacial score (nSPS) is 14.0. The van der Waals surface area contributed by atoms with E-state index in [1.54, 1.807) is 0 Å². The number of nitrogens with two attached hydrogens (primary N) is 1. The molecule has 0 aromatic heterocycles. The number of rotatable bonds is 3. The fourth-order valence-electron chi connectivity index (χ4n) is 1.36. The van der Waals surface area contributed by atoms with E-state index in [1.807, 2.05) is 0 Å². The average Bonchev–Trinajstić information content (AvgIpc) is 2.32. The first-order valence-electron chi connectivity index (χ1n) is 4.77. The Bertz CT molecular complexity index is 414. The lowest BCUT2D eigenvalue weighted by molar-refractivity contribution is 0.136. The lowest BCUT2D eigenvalue weighted by Crippen LogP contribution is -2.28. The van der Waals surface area contributed by atoms with Crippen LogP contribution >= 0.6 is 12.4 Å². The van der Waals surface area contributed by atoms with Gasteiger partial charge < -0.3 is 10.8 Å². The van der Waals surface area contributed by atoms with Gasteiger partial charge in [0.2, 0.25) is 5.82 Å². The Hall–Kier alpha value is -0.920. The summed E-state index contributed by atoms with van der Waals surface area (Å²) in [5.41, 5.74) is 4.05. The van der Waals surface area contributed by atoms with Crippen LogP contribution in [0.1, 0.15) is 24.9 Å². The van der Waals surface area contributed by atoms with Crippen molar-refractivity contribution in [3.63, 3.8) is 0 Å². The molecule has 0 aliphatic heterocycles. The van der Waals surface area contributed by atoms with Gasteiger partial charge in [-0.25, -0.2) is 22.0 Å². The maximum absolute atomic E-state index is 13.2. The third-order valence-electron chi connectivity index (χ3n) is 2.41. The van der Waals surface area contributed by atoms with Crippen molar-refractivity contribution in [1.82, 2.24) is 0 Å². The predicted molar refractivity (Wildman–Crippen MR) is 56.7 cm³/mol. The van der Waals surface area contributed by atoms with Crippen molar-refractivity contribution >= 4 is 12.4 Å². The van der Waals surface area contributed by atoms with E-state index >= 15 is 0 Å². The third kappa shape index (κ3) is 2.73. The molecule has 0 spiro atoms. The van der Waals surface area contributed by atoms with Gasteiger partial charge in [0.15, 0.2) is 23.3 Å². The number of halogens is 6. The van der Waals surface area contributed by atoms with Crippen LogP contribution < -0.4 is 5.73 Å². The van der Waals surface area contributed by atoms with Crippen molar-refractivity contribution < 1.29 is 27.1 Å². The van der Waals surface area contributed by atoms with Crippen LogP contribution in [0.2, 0.25) is 0 Å². The van der Waals surface area contributed by atoms with Gasteiger partial charge in [-0.15, -0.1) is 12.4 Å². The minimum atomic E-state index is -2.25. The van der Waals surface area contributed by atoms with Crippen LogP contribution in [0, 0.1) is 29.1 Å². The molecule has 0 bridgehead atoms. The lowest BCUT2D eigenvalue weighted by Gasteiger charge is -2.19. The van der Waals surface area contributed by atoms with Crippen molar-refractivity contribution in [2.45, 2.75) is 25.5 Å². The highest BCUT2D eigenvalue weighted by Crippen LogP contribution is 2.28. The van der Waals surface area contributed by atoms with E-state index in [0.29, 0.717) is 0 Å². The number of hydrogen-bond donors (Lipinski definition) is 2. The summed E-state index contributed by atoms with van der Waals surface area (Å²) >= 11 is 0. The zero-order chi connectivity index (χ0) is 13.3. The second-order valence-electron chi connectivity index (χ2n) is 3.48. The first-order chi connectivity index (χ1) is 7.82. The van der Waals surface area contributed by atoms with Gasteiger partial charge in [-0.1, -0.05) is 6.92 Å². The highest BCUT2D eigenvalue weighted by atomic mass is 35.5. The van der Waals surface area contributed by atoms with Crippen molar-refractivity contribution in [3.05, 3.63) is 34.6 Å². The van der Waals surface area contributed by atoms with Crippen molar-refractivity contribution in [2.24, 2.45) is 5.73 Å². The van der Waals surface area contributed by atoms with Gasteiger partial charge >= 0.3 is 0 Å². The largest absolute Gasteiger partial charge is 0.391 e. The fraction of sp³-hybridized carbons (Fsp3) is 0.400. The maximum atomic E-state index is 13.2. The molecule has 0 heterocycles. The molecule has 0 saturated heterocycles. The summed E-state index contributed by atoms with van der Waals surface area (Å²) in [7, 11) is 0. The van der Waals surface area contributed by atoms with Gasteiger partial charge in [0.1, 0.15) is 0 Å². The molecule has 0 aliphatic rings. The van der Waals surface area contributed by atoms with Crippen LogP contribution in [0.25, 0.3) is 0 Å². The summed E-state index contributed by atoms with van der Waals surface area (Å²) in [6.07, 6.45) is -1.39. The summed E-state index contributed by atoms with van der Waals surface area (Å²) in [5, 5.41) is 9.28. The van der Waals surface area contributed by atoms with E-state index in [2.05, 4.69) is 0 Å². The number of aliphatic hydroxyl groups is 1. The summed E-state index contributed by atoms with van der Waals surface area (Å²) < 4.78 is 64.9. The summed E-state index contributed by atoms with van der Waals surface area (Å²) in [5.74, 6) is -10.4. The van der Waals surface area contributed by atoms with Crippen molar-refractivity contribution in [3.8, 4) is 0 Å². The summed E-state index contributed by atoms with van der Waals surface area (Å²) in [6, 6.07) is -1.68. The van der Waals surface area contributed by atoms with Crippen LogP contribution in [0.4, 0.5) is 22.0 Å². The van der Waals surface area contributed by atoms with Crippen LogP contribution in [0.3, 0.4) is 0 Å². The topological polar surface area (TPSA) is 46.2 Å². The second kappa shape index (κ2) is 6.31. The molecule has 8 heteroatoms. The number of benzene rings is 1. The highest BCUT2D eigenvalue weighted by molar-refractivity contribution is 5.85. The van der Waals surface area contributed by atoms with E-state index in [-0.39, 0.29) is 18.8 Å². The van der Waals surface area contributed by atoms with Gasteiger partial charge in [0.05, 0.1) is 12.1 Å². The molecular weight excluding hydrogens is 281 g/mol. The minimum Gasteiger partial charge on any atom is -0.391 e. The van der Waals surface area contributed by atoms with E-state index in [1.165, 1.54) is 6.92 Å². The summed E-state index contributed by atoms with van der Waals surface area (Å²) in [4.78, 5) is 0. The molecule has 3 N–H and O–H groups in total. The molecule has 1 aromatic rings. The number of hydrogen-bond acceptors (Lipinski definition) is 2. The fourth-order valence-corrected chi connectivity index (χ4v) is 1.36. The summed E-state index contributed by atoms with van der Waals surface area (Å²) in [6.45, 7) is 1.45. The Morgan fingerprint density at radius 1 is 0.944 bits per heavy atom. The molecule has 0 radical (unpaired) electrons. The Kier molecular flexibility index (Phi) is 5.98. The molecule has 2 atom stereocenters. The SMILES string of the molecule is CC[C@H](O)[C@H](N)c1c(F)c(F)c(F)c(F)c1F.Cl. The first kappa shape index (κ1) is 17.1. The molecular formula is C10H11ClF5NO. The quantitative estimate of drug-likeness (QED) is 0.511. The van der Waals surface area contributed by atoms with Gasteiger partial charge in [-0.05, 0) is 6.42 Å². The zero-order valence-electron chi connectivity index (χ0n) is 9.18. The molecule has 18 heavy (non-hydrogen) atoms. The van der Waals surface area contributed by atoms with Crippen LogP contribution in [0.5, 0.6) is 0 Å². The number of aliphatic hydroxyl groups excluding tert-OH is 1. The standard InChI is InChI=1S/C10H10F5NO.ClH/c1-2-3(17)10(16)4-5(11)7(13)9(15)8(14)6(4)12;/h3,10,17H,2,16H2,1H3;1H/t3-,10-;/m0./s1. The smallest absolute Gasteiger partial charge is 0.200 e. The van der Waals surface area contributed by atoms with Crippen molar-refractivity contribution in [1.29, 1.82) is 0 Å². The van der Waals surface area contributed by atoms with Crippen LogP contribution in [0.15, 0.2) is 0 Å². The third-order valence-corrected chi connectivity index (χ3v) is 2.41. The monoisotopic (exact) mass is 291 g/mol. The Morgan fingerprint density at radius 3 is 1.61 bits per heavy atom. The average molecular weight is 292 g/mol. The van der Waals surface area contributed by atoms with Gasteiger partial charge in [-0.2, -0.15) is 0 Å². The molecule has 0 saturated carbocycles. The van der Waals surface area contributed by atoms with Crippen LogP contribution in [-0.4, -0.2) is 11.2 Å². The maximum Gasteiger partial charge on any atom is 0.200 e. The molecule has 0 unspecified atom stereocenters. The van der Waals surface area contributed by atoms with Crippen molar-refractivity contribution in [2.75, 3.05) is 0 Å². The molecule has 0 fully saturated rings. The van der Waals surface area contributed by atoms with Gasteiger partial charge in [-0.3, -0.25) is 0 Å².